The Morgan fingerprint density at radius 2 is 1.85 bits per heavy atom. The van der Waals surface area contributed by atoms with Crippen LogP contribution in [0, 0.1) is 10.1 Å². The first kappa shape index (κ1) is 16.4. The molecule has 20 heavy (non-hydrogen) atoms. The van der Waals surface area contributed by atoms with Crippen molar-refractivity contribution in [2.24, 2.45) is 0 Å². The summed E-state index contributed by atoms with van der Waals surface area (Å²) in [7, 11) is 0. The Labute approximate surface area is 119 Å². The molecule has 0 amide bonds. The first-order chi connectivity index (χ1) is 9.67. The van der Waals surface area contributed by atoms with Crippen molar-refractivity contribution in [1.82, 2.24) is 10.2 Å². The minimum absolute atomic E-state index is 0.0784. The third kappa shape index (κ3) is 5.99. The summed E-state index contributed by atoms with van der Waals surface area (Å²) in [5, 5.41) is 13.8. The predicted molar refractivity (Wildman–Crippen MR) is 79.2 cm³/mol. The third-order valence-corrected chi connectivity index (χ3v) is 3.09. The van der Waals surface area contributed by atoms with E-state index in [9.17, 15) is 10.1 Å². The van der Waals surface area contributed by atoms with Gasteiger partial charge in [0.15, 0.2) is 0 Å². The number of benzene rings is 1. The van der Waals surface area contributed by atoms with Crippen LogP contribution in [0.25, 0.3) is 0 Å². The fourth-order valence-corrected chi connectivity index (χ4v) is 1.81. The van der Waals surface area contributed by atoms with E-state index in [1.807, 2.05) is 0 Å². The summed E-state index contributed by atoms with van der Waals surface area (Å²) < 4.78 is 5.50. The van der Waals surface area contributed by atoms with Gasteiger partial charge in [-0.15, -0.1) is 0 Å². The number of nitrogens with zero attached hydrogens (tertiary/aromatic N) is 2. The second-order valence-electron chi connectivity index (χ2n) is 4.38. The maximum Gasteiger partial charge on any atom is 0.269 e. The van der Waals surface area contributed by atoms with Gasteiger partial charge in [0.25, 0.3) is 5.69 Å². The highest BCUT2D eigenvalue weighted by Crippen LogP contribution is 2.16. The molecule has 0 unspecified atom stereocenters. The van der Waals surface area contributed by atoms with Crippen LogP contribution in [0.1, 0.15) is 13.8 Å². The molecular formula is C14H23N3O3. The zero-order valence-corrected chi connectivity index (χ0v) is 12.2. The number of nitro groups is 1. The molecule has 0 spiro atoms. The van der Waals surface area contributed by atoms with E-state index in [2.05, 4.69) is 24.1 Å². The average Bonchev–Trinajstić information content (AvgIpc) is 2.47. The van der Waals surface area contributed by atoms with Gasteiger partial charge >= 0.3 is 0 Å². The molecule has 0 saturated carbocycles. The lowest BCUT2D eigenvalue weighted by Crippen LogP contribution is -2.33. The minimum atomic E-state index is -0.418. The number of likely N-dealkylation sites (N-methyl/N-ethyl adjacent to an activating group) is 1. The summed E-state index contributed by atoms with van der Waals surface area (Å²) in [4.78, 5) is 12.4. The van der Waals surface area contributed by atoms with Crippen molar-refractivity contribution >= 4 is 5.69 Å². The molecule has 0 aromatic heterocycles. The van der Waals surface area contributed by atoms with Crippen LogP contribution in [0.15, 0.2) is 24.3 Å². The average molecular weight is 281 g/mol. The Morgan fingerprint density at radius 3 is 2.40 bits per heavy atom. The van der Waals surface area contributed by atoms with Crippen molar-refractivity contribution in [1.29, 1.82) is 0 Å². The maximum atomic E-state index is 10.5. The van der Waals surface area contributed by atoms with E-state index in [1.165, 1.54) is 12.1 Å². The van der Waals surface area contributed by atoms with Crippen molar-refractivity contribution in [3.05, 3.63) is 34.4 Å². The Bertz CT molecular complexity index is 391. The molecule has 0 heterocycles. The van der Waals surface area contributed by atoms with Crippen molar-refractivity contribution in [3.63, 3.8) is 0 Å². The quantitative estimate of drug-likeness (QED) is 0.403. The lowest BCUT2D eigenvalue weighted by atomic mass is 10.3. The van der Waals surface area contributed by atoms with Crippen LogP contribution < -0.4 is 10.1 Å². The highest BCUT2D eigenvalue weighted by molar-refractivity contribution is 5.35. The van der Waals surface area contributed by atoms with Crippen molar-refractivity contribution in [2.75, 3.05) is 39.3 Å². The van der Waals surface area contributed by atoms with Gasteiger partial charge in [0, 0.05) is 31.8 Å². The fraction of sp³-hybridized carbons (Fsp3) is 0.571. The van der Waals surface area contributed by atoms with E-state index >= 15 is 0 Å². The molecule has 0 saturated heterocycles. The van der Waals surface area contributed by atoms with Crippen molar-refractivity contribution < 1.29 is 9.66 Å². The van der Waals surface area contributed by atoms with Crippen LogP contribution in [0.5, 0.6) is 5.75 Å². The normalized spacial score (nSPS) is 10.8. The van der Waals surface area contributed by atoms with E-state index in [-0.39, 0.29) is 5.69 Å². The summed E-state index contributed by atoms with van der Waals surface area (Å²) in [6.45, 7) is 9.72. The maximum absolute atomic E-state index is 10.5. The minimum Gasteiger partial charge on any atom is -0.492 e. The molecule has 0 atom stereocenters. The first-order valence-electron chi connectivity index (χ1n) is 6.97. The fourth-order valence-electron chi connectivity index (χ4n) is 1.81. The molecule has 1 aromatic carbocycles. The Morgan fingerprint density at radius 1 is 1.20 bits per heavy atom. The van der Waals surface area contributed by atoms with Gasteiger partial charge in [-0.25, -0.2) is 0 Å². The molecule has 0 radical (unpaired) electrons. The molecule has 1 rings (SSSR count). The summed E-state index contributed by atoms with van der Waals surface area (Å²) in [6, 6.07) is 6.13. The van der Waals surface area contributed by atoms with Crippen LogP contribution >= 0.6 is 0 Å². The smallest absolute Gasteiger partial charge is 0.269 e. The highest BCUT2D eigenvalue weighted by Gasteiger charge is 2.04. The molecule has 0 aliphatic rings. The van der Waals surface area contributed by atoms with E-state index in [4.69, 9.17) is 4.74 Å². The van der Waals surface area contributed by atoms with Crippen LogP contribution in [0.3, 0.4) is 0 Å². The molecule has 0 bridgehead atoms. The summed E-state index contributed by atoms with van der Waals surface area (Å²) in [5.74, 6) is 0.654. The number of non-ortho nitro benzene ring substituents is 1. The summed E-state index contributed by atoms with van der Waals surface area (Å²) >= 11 is 0. The lowest BCUT2D eigenvalue weighted by molar-refractivity contribution is -0.384. The van der Waals surface area contributed by atoms with E-state index in [0.29, 0.717) is 12.4 Å². The van der Waals surface area contributed by atoms with Gasteiger partial charge in [-0.2, -0.15) is 0 Å². The Kier molecular flexibility index (Phi) is 7.60. The molecule has 1 N–H and O–H groups in total. The molecule has 0 aliphatic heterocycles. The van der Waals surface area contributed by atoms with Gasteiger partial charge in [-0.3, -0.25) is 10.1 Å². The third-order valence-electron chi connectivity index (χ3n) is 3.09. The molecule has 1 aromatic rings. The van der Waals surface area contributed by atoms with Crippen molar-refractivity contribution in [3.8, 4) is 5.75 Å². The van der Waals surface area contributed by atoms with Crippen LogP contribution in [0.2, 0.25) is 0 Å². The molecule has 6 nitrogen and oxygen atoms in total. The number of hydrogen-bond acceptors (Lipinski definition) is 5. The zero-order valence-electron chi connectivity index (χ0n) is 12.2. The lowest BCUT2D eigenvalue weighted by Gasteiger charge is -2.18. The largest absolute Gasteiger partial charge is 0.492 e. The van der Waals surface area contributed by atoms with Gasteiger partial charge < -0.3 is 15.0 Å². The second-order valence-corrected chi connectivity index (χ2v) is 4.38. The Hall–Kier alpha value is -1.66. The number of nitrogens with one attached hydrogen (secondary N) is 1. The molecule has 6 heteroatoms. The zero-order chi connectivity index (χ0) is 14.8. The van der Waals surface area contributed by atoms with Gasteiger partial charge in [0.05, 0.1) is 4.92 Å². The summed E-state index contributed by atoms with van der Waals surface area (Å²) in [6.07, 6.45) is 0. The number of rotatable bonds is 10. The van der Waals surface area contributed by atoms with E-state index in [0.717, 1.165) is 32.7 Å². The SMILES string of the molecule is CCN(CC)CCNCCOc1ccc([N+](=O)[O-])cc1. The monoisotopic (exact) mass is 281 g/mol. The van der Waals surface area contributed by atoms with Gasteiger partial charge in [-0.05, 0) is 25.2 Å². The van der Waals surface area contributed by atoms with E-state index in [1.54, 1.807) is 12.1 Å². The van der Waals surface area contributed by atoms with Crippen molar-refractivity contribution in [2.45, 2.75) is 13.8 Å². The number of hydrogen-bond donors (Lipinski definition) is 1. The van der Waals surface area contributed by atoms with Crippen LogP contribution in [-0.4, -0.2) is 49.2 Å². The first-order valence-corrected chi connectivity index (χ1v) is 6.97. The molecule has 0 aliphatic carbocycles. The topological polar surface area (TPSA) is 67.6 Å². The molecule has 0 fully saturated rings. The highest BCUT2D eigenvalue weighted by atomic mass is 16.6. The predicted octanol–water partition coefficient (Wildman–Crippen LogP) is 1.90. The molecular weight excluding hydrogens is 258 g/mol. The van der Waals surface area contributed by atoms with Gasteiger partial charge in [-0.1, -0.05) is 13.8 Å². The van der Waals surface area contributed by atoms with Gasteiger partial charge in [0.1, 0.15) is 12.4 Å². The number of nitro benzene ring substituents is 1. The van der Waals surface area contributed by atoms with Crippen LogP contribution in [0.4, 0.5) is 5.69 Å². The second kappa shape index (κ2) is 9.28. The molecule has 112 valence electrons. The van der Waals surface area contributed by atoms with E-state index < -0.39 is 4.92 Å². The van der Waals surface area contributed by atoms with Crippen LogP contribution in [-0.2, 0) is 0 Å². The summed E-state index contributed by atoms with van der Waals surface area (Å²) in [5.41, 5.74) is 0.0784. The van der Waals surface area contributed by atoms with Gasteiger partial charge in [0.2, 0.25) is 0 Å². The Balaban J connectivity index is 2.13. The number of ether oxygens (including phenoxy) is 1. The standard InChI is InChI=1S/C14H23N3O3/c1-3-16(4-2)11-9-15-10-12-20-14-7-5-13(6-8-14)17(18)19/h5-8,15H,3-4,9-12H2,1-2H3.